The number of nitrogens with one attached hydrogen (secondary N) is 2. The number of nitrogens with zero attached hydrogens (tertiary/aromatic N) is 1. The van der Waals surface area contributed by atoms with E-state index in [-0.39, 0.29) is 11.4 Å². The summed E-state index contributed by atoms with van der Waals surface area (Å²) in [5, 5.41) is 17.7. The Balaban J connectivity index is 2.13. The highest BCUT2D eigenvalue weighted by Gasteiger charge is 2.66. The molecule has 0 saturated heterocycles. The van der Waals surface area contributed by atoms with Crippen molar-refractivity contribution in [3.05, 3.63) is 11.8 Å². The van der Waals surface area contributed by atoms with Gasteiger partial charge in [-0.3, -0.25) is 14.7 Å². The van der Waals surface area contributed by atoms with E-state index in [2.05, 4.69) is 20.3 Å². The Bertz CT molecular complexity index is 577. The minimum atomic E-state index is -1.01. The van der Waals surface area contributed by atoms with Crippen molar-refractivity contribution in [2.45, 2.75) is 13.8 Å². The van der Waals surface area contributed by atoms with Gasteiger partial charge in [-0.25, -0.2) is 4.79 Å². The minimum Gasteiger partial charge on any atom is -0.481 e. The fraction of sp³-hybridized carbons (Fsp3) is 0.500. The highest BCUT2D eigenvalue weighted by Crippen LogP contribution is 2.58. The lowest BCUT2D eigenvalue weighted by Gasteiger charge is -2.05. The second kappa shape index (κ2) is 4.62. The van der Waals surface area contributed by atoms with Crippen molar-refractivity contribution >= 4 is 23.7 Å². The van der Waals surface area contributed by atoms with Gasteiger partial charge < -0.3 is 15.2 Å². The first-order valence-corrected chi connectivity index (χ1v) is 5.96. The molecule has 1 aliphatic rings. The molecule has 1 amide bonds. The largest absolute Gasteiger partial charge is 0.481 e. The summed E-state index contributed by atoms with van der Waals surface area (Å²) in [5.74, 6) is -3.38. The summed E-state index contributed by atoms with van der Waals surface area (Å²) in [5.41, 5.74) is -0.521. The Morgan fingerprint density at radius 3 is 2.55 bits per heavy atom. The molecule has 0 bridgehead atoms. The normalized spacial score (nSPS) is 22.9. The number of aliphatic carboxylic acids is 1. The van der Waals surface area contributed by atoms with Crippen molar-refractivity contribution in [2.75, 3.05) is 12.4 Å². The number of hydrogen-bond acceptors (Lipinski definition) is 5. The van der Waals surface area contributed by atoms with E-state index >= 15 is 0 Å². The van der Waals surface area contributed by atoms with Gasteiger partial charge in [-0.2, -0.15) is 5.10 Å². The van der Waals surface area contributed by atoms with Crippen LogP contribution in [0.25, 0.3) is 0 Å². The first-order chi connectivity index (χ1) is 9.30. The molecule has 1 heterocycles. The van der Waals surface area contributed by atoms with Gasteiger partial charge in [-0.05, 0) is 5.41 Å². The number of amides is 1. The van der Waals surface area contributed by atoms with Crippen molar-refractivity contribution in [3.63, 3.8) is 0 Å². The van der Waals surface area contributed by atoms with Crippen molar-refractivity contribution in [1.29, 1.82) is 0 Å². The monoisotopic (exact) mass is 281 g/mol. The summed E-state index contributed by atoms with van der Waals surface area (Å²) in [6.07, 6.45) is 1.23. The quantitative estimate of drug-likeness (QED) is 0.690. The smallest absolute Gasteiger partial charge is 0.343 e. The predicted molar refractivity (Wildman–Crippen MR) is 67.0 cm³/mol. The van der Waals surface area contributed by atoms with E-state index in [0.29, 0.717) is 0 Å². The van der Waals surface area contributed by atoms with Gasteiger partial charge >= 0.3 is 11.9 Å². The molecule has 2 rings (SSSR count). The number of carbonyl (C=O) groups is 3. The lowest BCUT2D eigenvalue weighted by Crippen LogP contribution is -2.19. The zero-order chi connectivity index (χ0) is 15.1. The molecule has 3 N–H and O–H groups in total. The highest BCUT2D eigenvalue weighted by molar-refractivity contribution is 6.03. The number of esters is 1. The number of anilines is 1. The molecule has 0 spiro atoms. The summed E-state index contributed by atoms with van der Waals surface area (Å²) >= 11 is 0. The number of carboxylic acids is 1. The van der Waals surface area contributed by atoms with E-state index in [1.807, 2.05) is 0 Å². The summed E-state index contributed by atoms with van der Waals surface area (Å²) in [7, 11) is 1.21. The van der Waals surface area contributed by atoms with Gasteiger partial charge in [0.2, 0.25) is 5.91 Å². The van der Waals surface area contributed by atoms with Gasteiger partial charge in [0.1, 0.15) is 11.4 Å². The zero-order valence-electron chi connectivity index (χ0n) is 11.3. The molecule has 1 aliphatic carbocycles. The SMILES string of the molecule is COC(=O)c1cn[nH]c1NC(=O)[C@@H]1[C@@H](C(=O)O)C1(C)C. The fourth-order valence-electron chi connectivity index (χ4n) is 2.44. The molecule has 1 aromatic rings. The van der Waals surface area contributed by atoms with Gasteiger partial charge in [-0.1, -0.05) is 13.8 Å². The summed E-state index contributed by atoms with van der Waals surface area (Å²) in [4.78, 5) is 34.6. The van der Waals surface area contributed by atoms with Crippen LogP contribution in [-0.2, 0) is 14.3 Å². The minimum absolute atomic E-state index is 0.0891. The molecule has 1 aromatic heterocycles. The van der Waals surface area contributed by atoms with Gasteiger partial charge in [0.25, 0.3) is 0 Å². The third kappa shape index (κ3) is 2.13. The maximum atomic E-state index is 12.1. The van der Waals surface area contributed by atoms with Crippen LogP contribution in [0.2, 0.25) is 0 Å². The van der Waals surface area contributed by atoms with E-state index in [9.17, 15) is 14.4 Å². The van der Waals surface area contributed by atoms with Crippen molar-refractivity contribution in [2.24, 2.45) is 17.3 Å². The topological polar surface area (TPSA) is 121 Å². The van der Waals surface area contributed by atoms with Crippen LogP contribution in [0.5, 0.6) is 0 Å². The van der Waals surface area contributed by atoms with Crippen LogP contribution >= 0.6 is 0 Å². The standard InChI is InChI=1S/C12H15N3O5/c1-12(2)6(7(12)10(17)18)9(16)14-8-5(4-13-15-8)11(19)20-3/h4,6-7H,1-3H3,(H,17,18)(H2,13,14,15,16)/t6-,7-/m0/s1. The maximum absolute atomic E-state index is 12.1. The van der Waals surface area contributed by atoms with E-state index in [1.54, 1.807) is 13.8 Å². The number of carbonyl (C=O) groups excluding carboxylic acids is 2. The number of aromatic amines is 1. The Kier molecular flexibility index (Phi) is 3.24. The van der Waals surface area contributed by atoms with Crippen LogP contribution in [0.1, 0.15) is 24.2 Å². The molecule has 108 valence electrons. The van der Waals surface area contributed by atoms with Gasteiger partial charge in [0, 0.05) is 0 Å². The Labute approximate surface area is 114 Å². The van der Waals surface area contributed by atoms with E-state index < -0.39 is 35.1 Å². The van der Waals surface area contributed by atoms with Crippen LogP contribution < -0.4 is 5.32 Å². The third-order valence-electron chi connectivity index (χ3n) is 3.67. The van der Waals surface area contributed by atoms with Crippen LogP contribution in [0.3, 0.4) is 0 Å². The molecule has 8 heteroatoms. The number of H-pyrrole nitrogens is 1. The maximum Gasteiger partial charge on any atom is 0.343 e. The zero-order valence-corrected chi connectivity index (χ0v) is 11.3. The molecule has 0 aromatic carbocycles. The first kappa shape index (κ1) is 14.0. The number of rotatable bonds is 4. The molecule has 20 heavy (non-hydrogen) atoms. The lowest BCUT2D eigenvalue weighted by molar-refractivity contribution is -0.140. The Morgan fingerprint density at radius 1 is 1.40 bits per heavy atom. The summed E-state index contributed by atoms with van der Waals surface area (Å²) < 4.78 is 4.55. The predicted octanol–water partition coefficient (Wildman–Crippen LogP) is 0.492. The van der Waals surface area contributed by atoms with Crippen LogP contribution in [0.15, 0.2) is 6.20 Å². The first-order valence-electron chi connectivity index (χ1n) is 5.96. The molecular weight excluding hydrogens is 266 g/mol. The van der Waals surface area contributed by atoms with E-state index in [4.69, 9.17) is 5.11 Å². The molecular formula is C12H15N3O5. The Hall–Kier alpha value is -2.38. The third-order valence-corrected chi connectivity index (χ3v) is 3.67. The van der Waals surface area contributed by atoms with Crippen molar-refractivity contribution in [3.8, 4) is 0 Å². The second-order valence-corrected chi connectivity index (χ2v) is 5.25. The molecule has 2 atom stereocenters. The van der Waals surface area contributed by atoms with Gasteiger partial charge in [0.15, 0.2) is 0 Å². The molecule has 0 aliphatic heterocycles. The van der Waals surface area contributed by atoms with E-state index in [1.165, 1.54) is 13.3 Å². The van der Waals surface area contributed by atoms with Crippen LogP contribution in [-0.4, -0.2) is 40.3 Å². The summed E-state index contributed by atoms with van der Waals surface area (Å²) in [6, 6.07) is 0. The molecule has 0 radical (unpaired) electrons. The lowest BCUT2D eigenvalue weighted by atomic mass is 10.1. The molecule has 0 unspecified atom stereocenters. The van der Waals surface area contributed by atoms with Crippen LogP contribution in [0, 0.1) is 17.3 Å². The average Bonchev–Trinajstić information content (AvgIpc) is 2.71. The number of aromatic nitrogens is 2. The number of carboxylic acid groups (broad SMARTS) is 1. The highest BCUT2D eigenvalue weighted by atomic mass is 16.5. The van der Waals surface area contributed by atoms with Gasteiger partial charge in [0.05, 0.1) is 25.1 Å². The van der Waals surface area contributed by atoms with Crippen LogP contribution in [0.4, 0.5) is 5.82 Å². The number of ether oxygens (including phenoxy) is 1. The number of methoxy groups -OCH3 is 1. The fourth-order valence-corrected chi connectivity index (χ4v) is 2.44. The van der Waals surface area contributed by atoms with Gasteiger partial charge in [-0.15, -0.1) is 0 Å². The molecule has 8 nitrogen and oxygen atoms in total. The molecule has 1 fully saturated rings. The second-order valence-electron chi connectivity index (χ2n) is 5.25. The number of hydrogen-bond donors (Lipinski definition) is 3. The van der Waals surface area contributed by atoms with E-state index in [0.717, 1.165) is 0 Å². The Morgan fingerprint density at radius 2 is 2.05 bits per heavy atom. The van der Waals surface area contributed by atoms with Crippen molar-refractivity contribution in [1.82, 2.24) is 10.2 Å². The summed E-state index contributed by atoms with van der Waals surface area (Å²) in [6.45, 7) is 3.43. The van der Waals surface area contributed by atoms with Crippen molar-refractivity contribution < 1.29 is 24.2 Å². The molecule has 1 saturated carbocycles. The average molecular weight is 281 g/mol.